The zero-order valence-corrected chi connectivity index (χ0v) is 19.4. The summed E-state index contributed by atoms with van der Waals surface area (Å²) in [6.07, 6.45) is 11.3. The Kier molecular flexibility index (Phi) is 14.2. The molecular formula is C22H31Cl3O4. The van der Waals surface area contributed by atoms with Gasteiger partial charge in [0.1, 0.15) is 0 Å². The Morgan fingerprint density at radius 1 is 0.724 bits per heavy atom. The quantitative estimate of drug-likeness (QED) is 0.115. The average molecular weight is 466 g/mol. The molecular weight excluding hydrogens is 435 g/mol. The number of carbonyl (C=O) groups is 2. The second kappa shape index (κ2) is 15.8. The van der Waals surface area contributed by atoms with E-state index in [9.17, 15) is 9.59 Å². The Morgan fingerprint density at radius 2 is 1.28 bits per heavy atom. The summed E-state index contributed by atoms with van der Waals surface area (Å²) in [7, 11) is 0. The second-order valence-electron chi connectivity index (χ2n) is 7.07. The number of halogens is 3. The molecule has 1 rings (SSSR count). The lowest BCUT2D eigenvalue weighted by Crippen LogP contribution is -2.09. The molecule has 0 unspecified atom stereocenters. The van der Waals surface area contributed by atoms with Crippen molar-refractivity contribution in [1.82, 2.24) is 0 Å². The first-order chi connectivity index (χ1) is 13.9. The van der Waals surface area contributed by atoms with Gasteiger partial charge in [-0.1, -0.05) is 86.7 Å². The smallest absolute Gasteiger partial charge is 0.311 e. The van der Waals surface area contributed by atoms with E-state index in [1.807, 2.05) is 0 Å². The molecule has 29 heavy (non-hydrogen) atoms. The van der Waals surface area contributed by atoms with Crippen LogP contribution in [-0.4, -0.2) is 18.5 Å². The summed E-state index contributed by atoms with van der Waals surface area (Å²) in [5, 5.41) is 0.775. The third kappa shape index (κ3) is 12.3. The highest BCUT2D eigenvalue weighted by atomic mass is 35.5. The minimum Gasteiger partial charge on any atom is -0.466 e. The lowest BCUT2D eigenvalue weighted by atomic mass is 10.1. The van der Waals surface area contributed by atoms with E-state index in [0.717, 1.165) is 12.8 Å². The maximum absolute atomic E-state index is 11.9. The number of unbranched alkanes of at least 4 members (excludes halogenated alkanes) is 8. The fourth-order valence-corrected chi connectivity index (χ4v) is 3.36. The van der Waals surface area contributed by atoms with Crippen LogP contribution >= 0.6 is 34.8 Å². The van der Waals surface area contributed by atoms with Gasteiger partial charge >= 0.3 is 11.9 Å². The van der Waals surface area contributed by atoms with Gasteiger partial charge in [-0.3, -0.25) is 9.59 Å². The van der Waals surface area contributed by atoms with Gasteiger partial charge in [-0.2, -0.15) is 0 Å². The predicted octanol–water partition coefficient (Wildman–Crippen LogP) is 7.80. The lowest BCUT2D eigenvalue weighted by Gasteiger charge is -2.08. The van der Waals surface area contributed by atoms with Crippen molar-refractivity contribution in [3.63, 3.8) is 0 Å². The summed E-state index contributed by atoms with van der Waals surface area (Å²) in [4.78, 5) is 23.6. The van der Waals surface area contributed by atoms with Crippen molar-refractivity contribution in [2.24, 2.45) is 0 Å². The third-order valence-corrected chi connectivity index (χ3v) is 5.49. The van der Waals surface area contributed by atoms with E-state index < -0.39 is 5.97 Å². The molecule has 0 heterocycles. The van der Waals surface area contributed by atoms with Crippen molar-refractivity contribution in [2.75, 3.05) is 6.61 Å². The van der Waals surface area contributed by atoms with Crippen molar-refractivity contribution in [2.45, 2.75) is 84.0 Å². The molecule has 0 spiro atoms. The summed E-state index contributed by atoms with van der Waals surface area (Å²) in [5.74, 6) is -0.470. The van der Waals surface area contributed by atoms with E-state index in [-0.39, 0.29) is 28.2 Å². The van der Waals surface area contributed by atoms with Crippen LogP contribution in [0.15, 0.2) is 12.1 Å². The molecule has 0 aliphatic rings. The van der Waals surface area contributed by atoms with Crippen molar-refractivity contribution < 1.29 is 19.1 Å². The molecule has 0 bridgehead atoms. The molecule has 0 radical (unpaired) electrons. The van der Waals surface area contributed by atoms with Crippen LogP contribution in [0.2, 0.25) is 15.1 Å². The van der Waals surface area contributed by atoms with E-state index in [2.05, 4.69) is 6.92 Å². The summed E-state index contributed by atoms with van der Waals surface area (Å²) in [5.41, 5.74) is 0. The first-order valence-electron chi connectivity index (χ1n) is 10.4. The van der Waals surface area contributed by atoms with Gasteiger partial charge in [-0.15, -0.1) is 0 Å². The van der Waals surface area contributed by atoms with Crippen LogP contribution in [0.4, 0.5) is 0 Å². The topological polar surface area (TPSA) is 52.6 Å². The van der Waals surface area contributed by atoms with Crippen LogP contribution in [0.3, 0.4) is 0 Å². The molecule has 164 valence electrons. The normalized spacial score (nSPS) is 10.8. The number of hydrogen-bond donors (Lipinski definition) is 0. The number of esters is 2. The van der Waals surface area contributed by atoms with E-state index >= 15 is 0 Å². The summed E-state index contributed by atoms with van der Waals surface area (Å²) < 4.78 is 10.4. The zero-order chi connectivity index (χ0) is 21.5. The highest BCUT2D eigenvalue weighted by molar-refractivity contribution is 6.43. The van der Waals surface area contributed by atoms with E-state index in [1.165, 1.54) is 50.7 Å². The average Bonchev–Trinajstić information content (AvgIpc) is 2.68. The Balaban J connectivity index is 2.04. The minimum atomic E-state index is -0.433. The SMILES string of the molecule is CCCCCCCCCCOC(=O)CCCCC(=O)Oc1cc(Cl)c(Cl)cc1Cl. The predicted molar refractivity (Wildman–Crippen MR) is 119 cm³/mol. The van der Waals surface area contributed by atoms with Gasteiger partial charge in [-0.25, -0.2) is 0 Å². The third-order valence-electron chi connectivity index (χ3n) is 4.47. The molecule has 4 nitrogen and oxygen atoms in total. The van der Waals surface area contributed by atoms with Crippen LogP contribution in [0, 0.1) is 0 Å². The Hall–Kier alpha value is -0.970. The Labute approximate surface area is 189 Å². The van der Waals surface area contributed by atoms with Crippen LogP contribution < -0.4 is 4.74 Å². The number of rotatable bonds is 15. The van der Waals surface area contributed by atoms with Crippen LogP contribution in [-0.2, 0) is 14.3 Å². The highest BCUT2D eigenvalue weighted by Crippen LogP contribution is 2.34. The summed E-state index contributed by atoms with van der Waals surface area (Å²) in [6.45, 7) is 2.69. The molecule has 7 heteroatoms. The van der Waals surface area contributed by atoms with E-state index in [1.54, 1.807) is 0 Å². The molecule has 0 aromatic heterocycles. The van der Waals surface area contributed by atoms with Crippen LogP contribution in [0.1, 0.15) is 84.0 Å². The molecule has 0 atom stereocenters. The van der Waals surface area contributed by atoms with Crippen LogP contribution in [0.5, 0.6) is 5.75 Å². The second-order valence-corrected chi connectivity index (χ2v) is 8.29. The first-order valence-corrected chi connectivity index (χ1v) is 11.6. The molecule has 0 fully saturated rings. The van der Waals surface area contributed by atoms with Gasteiger partial charge in [0.15, 0.2) is 5.75 Å². The zero-order valence-electron chi connectivity index (χ0n) is 17.1. The molecule has 0 aliphatic carbocycles. The van der Waals surface area contributed by atoms with E-state index in [0.29, 0.717) is 30.9 Å². The molecule has 0 aliphatic heterocycles. The molecule has 0 saturated carbocycles. The molecule has 0 N–H and O–H groups in total. The van der Waals surface area contributed by atoms with Crippen molar-refractivity contribution >= 4 is 46.7 Å². The van der Waals surface area contributed by atoms with Gasteiger partial charge in [0.05, 0.1) is 21.7 Å². The Bertz CT molecular complexity index is 635. The number of ether oxygens (including phenoxy) is 2. The fourth-order valence-electron chi connectivity index (χ4n) is 2.79. The minimum absolute atomic E-state index is 0.177. The maximum Gasteiger partial charge on any atom is 0.311 e. The van der Waals surface area contributed by atoms with Gasteiger partial charge in [-0.05, 0) is 25.3 Å². The van der Waals surface area contributed by atoms with Crippen molar-refractivity contribution in [3.8, 4) is 5.75 Å². The largest absolute Gasteiger partial charge is 0.466 e. The molecule has 1 aromatic rings. The van der Waals surface area contributed by atoms with Gasteiger partial charge < -0.3 is 9.47 Å². The maximum atomic E-state index is 11.9. The fraction of sp³-hybridized carbons (Fsp3) is 0.636. The number of carbonyl (C=O) groups excluding carboxylic acids is 2. The molecule has 0 saturated heterocycles. The summed E-state index contributed by atoms with van der Waals surface area (Å²) >= 11 is 17.7. The van der Waals surface area contributed by atoms with Crippen molar-refractivity contribution in [1.29, 1.82) is 0 Å². The molecule has 0 amide bonds. The van der Waals surface area contributed by atoms with Crippen molar-refractivity contribution in [3.05, 3.63) is 27.2 Å². The van der Waals surface area contributed by atoms with Crippen LogP contribution in [0.25, 0.3) is 0 Å². The Morgan fingerprint density at radius 3 is 1.93 bits per heavy atom. The first kappa shape index (κ1) is 26.1. The standard InChI is InChI=1S/C22H31Cl3O4/c1-2-3-4-5-6-7-8-11-14-28-21(26)12-9-10-13-22(27)29-20-16-18(24)17(23)15-19(20)25/h15-16H,2-14H2,1H3. The number of benzene rings is 1. The summed E-state index contributed by atoms with van der Waals surface area (Å²) in [6, 6.07) is 2.84. The number of hydrogen-bond acceptors (Lipinski definition) is 4. The molecule has 1 aromatic carbocycles. The highest BCUT2D eigenvalue weighted by Gasteiger charge is 2.12. The monoisotopic (exact) mass is 464 g/mol. The van der Waals surface area contributed by atoms with Gasteiger partial charge in [0, 0.05) is 18.9 Å². The van der Waals surface area contributed by atoms with E-state index in [4.69, 9.17) is 44.3 Å². The van der Waals surface area contributed by atoms with Gasteiger partial charge in [0.25, 0.3) is 0 Å². The lowest BCUT2D eigenvalue weighted by molar-refractivity contribution is -0.144. The van der Waals surface area contributed by atoms with Gasteiger partial charge in [0.2, 0.25) is 0 Å².